The normalized spacial score (nSPS) is 12.1. The van der Waals surface area contributed by atoms with Gasteiger partial charge in [0.15, 0.2) is 0 Å². The summed E-state index contributed by atoms with van der Waals surface area (Å²) in [7, 11) is -4.06. The van der Waals surface area contributed by atoms with E-state index < -0.39 is 22.0 Å². The summed E-state index contributed by atoms with van der Waals surface area (Å²) in [6.07, 6.45) is 1.83. The first-order valence-corrected chi connectivity index (χ1v) is 13.6. The summed E-state index contributed by atoms with van der Waals surface area (Å²) in [5, 5.41) is 17.6. The van der Waals surface area contributed by atoms with Gasteiger partial charge in [-0.3, -0.25) is 10.0 Å². The molecule has 0 aliphatic heterocycles. The third-order valence-electron chi connectivity index (χ3n) is 6.20. The summed E-state index contributed by atoms with van der Waals surface area (Å²) in [4.78, 5) is 12.1. The number of hydrogen-bond acceptors (Lipinski definition) is 6. The van der Waals surface area contributed by atoms with Crippen molar-refractivity contribution in [2.24, 2.45) is 0 Å². The summed E-state index contributed by atoms with van der Waals surface area (Å²) >= 11 is 0. The second-order valence-corrected chi connectivity index (χ2v) is 10.5. The second kappa shape index (κ2) is 11.4. The van der Waals surface area contributed by atoms with Gasteiger partial charge in [0, 0.05) is 5.56 Å². The third-order valence-corrected chi connectivity index (χ3v) is 7.69. The summed E-state index contributed by atoms with van der Waals surface area (Å²) in [6, 6.07) is 31.8. The number of amides is 1. The van der Waals surface area contributed by atoms with Crippen molar-refractivity contribution < 1.29 is 18.4 Å². The second-order valence-electron chi connectivity index (χ2n) is 8.83. The average molecular weight is 540 g/mol. The van der Waals surface area contributed by atoms with Crippen molar-refractivity contribution in [2.75, 3.05) is 0 Å². The number of hydrogen-bond donors (Lipinski definition) is 3. The summed E-state index contributed by atoms with van der Waals surface area (Å²) < 4.78 is 30.1. The number of benzene rings is 4. The van der Waals surface area contributed by atoms with Crippen molar-refractivity contribution in [3.05, 3.63) is 121 Å². The van der Waals surface area contributed by atoms with Crippen LogP contribution in [0, 0.1) is 0 Å². The Labute approximate surface area is 225 Å². The summed E-state index contributed by atoms with van der Waals surface area (Å²) in [5.41, 5.74) is 6.57. The minimum atomic E-state index is -4.06. The minimum absolute atomic E-state index is 0.0288. The molecule has 5 aromatic rings. The van der Waals surface area contributed by atoms with Crippen LogP contribution in [0.5, 0.6) is 0 Å². The van der Waals surface area contributed by atoms with Gasteiger partial charge < -0.3 is 0 Å². The van der Waals surface area contributed by atoms with Gasteiger partial charge in [-0.15, -0.1) is 5.10 Å². The zero-order valence-electron chi connectivity index (χ0n) is 20.7. The van der Waals surface area contributed by atoms with Crippen molar-refractivity contribution in [3.63, 3.8) is 0 Å². The number of carbonyl (C=O) groups excluding carboxylic acids is 1. The fourth-order valence-corrected chi connectivity index (χ4v) is 5.33. The van der Waals surface area contributed by atoms with Gasteiger partial charge in [-0.05, 0) is 47.4 Å². The molecule has 0 aliphatic rings. The van der Waals surface area contributed by atoms with Gasteiger partial charge in [0.1, 0.15) is 11.7 Å². The highest BCUT2D eigenvalue weighted by Crippen LogP contribution is 2.23. The van der Waals surface area contributed by atoms with E-state index in [0.717, 1.165) is 22.4 Å². The molecule has 0 spiro atoms. The lowest BCUT2D eigenvalue weighted by molar-refractivity contribution is -0.130. The van der Waals surface area contributed by atoms with E-state index in [2.05, 4.69) is 15.0 Å². The van der Waals surface area contributed by atoms with Crippen LogP contribution in [0.3, 0.4) is 0 Å². The van der Waals surface area contributed by atoms with E-state index in [0.29, 0.717) is 11.3 Å². The van der Waals surface area contributed by atoms with Crippen LogP contribution in [-0.4, -0.2) is 40.6 Å². The predicted octanol–water partition coefficient (Wildman–Crippen LogP) is 4.00. The van der Waals surface area contributed by atoms with Crippen LogP contribution < -0.4 is 10.2 Å². The SMILES string of the molecule is O=C(NO)[C@@H](Cc1ccccc1)NS(=O)(=O)c1ccc(-c2cn(-c3ccc(-c4ccccc4)cc3)nn2)cc1. The molecule has 1 atom stereocenters. The smallest absolute Gasteiger partial charge is 0.261 e. The maximum Gasteiger partial charge on any atom is 0.261 e. The zero-order chi connectivity index (χ0) is 27.2. The van der Waals surface area contributed by atoms with Crippen LogP contribution in [0.15, 0.2) is 120 Å². The van der Waals surface area contributed by atoms with E-state index >= 15 is 0 Å². The van der Waals surface area contributed by atoms with Gasteiger partial charge in [0.2, 0.25) is 10.0 Å². The molecule has 196 valence electrons. The fourth-order valence-electron chi connectivity index (χ4n) is 4.14. The molecule has 1 heterocycles. The van der Waals surface area contributed by atoms with Crippen molar-refractivity contribution in [1.29, 1.82) is 0 Å². The van der Waals surface area contributed by atoms with Crippen LogP contribution in [0.1, 0.15) is 5.56 Å². The van der Waals surface area contributed by atoms with E-state index in [-0.39, 0.29) is 11.3 Å². The number of aromatic nitrogens is 3. The molecular weight excluding hydrogens is 514 g/mol. The van der Waals surface area contributed by atoms with Crippen molar-refractivity contribution in [3.8, 4) is 28.1 Å². The van der Waals surface area contributed by atoms with Crippen molar-refractivity contribution in [2.45, 2.75) is 17.4 Å². The van der Waals surface area contributed by atoms with Crippen molar-refractivity contribution in [1.82, 2.24) is 25.2 Å². The molecule has 0 saturated carbocycles. The maximum atomic E-state index is 13.0. The molecule has 1 aromatic heterocycles. The van der Waals surface area contributed by atoms with E-state index in [9.17, 15) is 13.2 Å². The van der Waals surface area contributed by atoms with Gasteiger partial charge in [0.25, 0.3) is 5.91 Å². The average Bonchev–Trinajstić information content (AvgIpc) is 3.48. The van der Waals surface area contributed by atoms with Crippen LogP contribution in [0.4, 0.5) is 0 Å². The Hall–Kier alpha value is -4.64. The molecule has 0 radical (unpaired) electrons. The van der Waals surface area contributed by atoms with E-state index in [1.54, 1.807) is 47.3 Å². The number of rotatable bonds is 9. The van der Waals surface area contributed by atoms with E-state index in [1.807, 2.05) is 60.7 Å². The Bertz CT molecular complexity index is 1650. The molecule has 1 amide bonds. The van der Waals surface area contributed by atoms with Gasteiger partial charge in [-0.25, -0.2) is 18.6 Å². The first-order chi connectivity index (χ1) is 18.9. The monoisotopic (exact) mass is 539 g/mol. The molecule has 5 rings (SSSR count). The Kier molecular flexibility index (Phi) is 7.60. The predicted molar refractivity (Wildman–Crippen MR) is 146 cm³/mol. The van der Waals surface area contributed by atoms with Crippen LogP contribution in [-0.2, 0) is 21.2 Å². The highest BCUT2D eigenvalue weighted by atomic mass is 32.2. The van der Waals surface area contributed by atoms with Crippen LogP contribution in [0.2, 0.25) is 0 Å². The molecular formula is C29H25N5O4S. The van der Waals surface area contributed by atoms with Gasteiger partial charge in [-0.2, -0.15) is 4.72 Å². The molecule has 0 fully saturated rings. The quantitative estimate of drug-likeness (QED) is 0.192. The Morgan fingerprint density at radius 2 is 1.38 bits per heavy atom. The highest BCUT2D eigenvalue weighted by molar-refractivity contribution is 7.89. The van der Waals surface area contributed by atoms with Crippen LogP contribution >= 0.6 is 0 Å². The Morgan fingerprint density at radius 3 is 2.03 bits per heavy atom. The largest absolute Gasteiger partial charge is 0.289 e. The molecule has 0 unspecified atom stereocenters. The standard InChI is InChI=1S/C29H25N5O4S/c35-29(31-36)27(19-21-7-3-1-4-8-21)32-39(37,38)26-17-13-24(14-18-26)28-20-34(33-30-28)25-15-11-23(12-16-25)22-9-5-2-6-10-22/h1-18,20,27,32,36H,19H2,(H,31,35)/t27-/m1/s1. The fraction of sp³-hybridized carbons (Fsp3) is 0.0690. The van der Waals surface area contributed by atoms with E-state index in [4.69, 9.17) is 5.21 Å². The molecule has 10 heteroatoms. The number of sulfonamides is 1. The van der Waals surface area contributed by atoms with Gasteiger partial charge in [0.05, 0.1) is 16.8 Å². The van der Waals surface area contributed by atoms with Crippen LogP contribution in [0.25, 0.3) is 28.1 Å². The highest BCUT2D eigenvalue weighted by Gasteiger charge is 2.26. The molecule has 0 saturated heterocycles. The zero-order valence-corrected chi connectivity index (χ0v) is 21.5. The Morgan fingerprint density at radius 1 is 0.795 bits per heavy atom. The molecule has 0 bridgehead atoms. The summed E-state index contributed by atoms with van der Waals surface area (Å²) in [5.74, 6) is -0.854. The van der Waals surface area contributed by atoms with E-state index in [1.165, 1.54) is 17.6 Å². The molecule has 0 aliphatic carbocycles. The lowest BCUT2D eigenvalue weighted by Gasteiger charge is -2.17. The Balaban J connectivity index is 1.30. The maximum absolute atomic E-state index is 13.0. The summed E-state index contributed by atoms with van der Waals surface area (Å²) in [6.45, 7) is 0. The first-order valence-electron chi connectivity index (χ1n) is 12.1. The lowest BCUT2D eigenvalue weighted by atomic mass is 10.1. The molecule has 4 aromatic carbocycles. The van der Waals surface area contributed by atoms with Gasteiger partial charge in [-0.1, -0.05) is 90.1 Å². The number of hydroxylamine groups is 1. The lowest BCUT2D eigenvalue weighted by Crippen LogP contribution is -2.47. The first kappa shape index (κ1) is 26.0. The van der Waals surface area contributed by atoms with Crippen molar-refractivity contribution >= 4 is 15.9 Å². The number of nitrogens with one attached hydrogen (secondary N) is 2. The molecule has 39 heavy (non-hydrogen) atoms. The topological polar surface area (TPSA) is 126 Å². The third kappa shape index (κ3) is 6.10. The minimum Gasteiger partial charge on any atom is -0.289 e. The number of nitrogens with zero attached hydrogens (tertiary/aromatic N) is 3. The number of carbonyl (C=O) groups is 1. The van der Waals surface area contributed by atoms with Gasteiger partial charge >= 0.3 is 0 Å². The molecule has 9 nitrogen and oxygen atoms in total. The molecule has 3 N–H and O–H groups in total.